The highest BCUT2D eigenvalue weighted by molar-refractivity contribution is 7.09. The summed E-state index contributed by atoms with van der Waals surface area (Å²) in [5, 5.41) is 3.03. The lowest BCUT2D eigenvalue weighted by Crippen LogP contribution is -2.56. The first-order valence-electron chi connectivity index (χ1n) is 12.7. The van der Waals surface area contributed by atoms with Gasteiger partial charge in [-0.15, -0.1) is 11.3 Å². The van der Waals surface area contributed by atoms with E-state index in [1.807, 2.05) is 40.5 Å². The smallest absolute Gasteiger partial charge is 0.165 e. The van der Waals surface area contributed by atoms with Gasteiger partial charge < -0.3 is 25.7 Å². The van der Waals surface area contributed by atoms with Crippen LogP contribution in [-0.2, 0) is 13.0 Å². The molecule has 0 spiro atoms. The number of aromatic nitrogens is 5. The molecule has 1 aromatic carbocycles. The average Bonchev–Trinajstić information content (AvgIpc) is 3.59. The Morgan fingerprint density at radius 1 is 1.13 bits per heavy atom. The first kappa shape index (κ1) is 25.2. The van der Waals surface area contributed by atoms with Gasteiger partial charge in [-0.1, -0.05) is 0 Å². The zero-order valence-corrected chi connectivity index (χ0v) is 22.4. The van der Waals surface area contributed by atoms with Crippen molar-refractivity contribution in [3.63, 3.8) is 0 Å². The number of benzene rings is 1. The number of halogens is 1. The summed E-state index contributed by atoms with van der Waals surface area (Å²) in [4.78, 5) is 20.2. The second-order valence-corrected chi connectivity index (χ2v) is 11.0. The number of piperidine rings is 1. The van der Waals surface area contributed by atoms with Crippen LogP contribution in [0.25, 0.3) is 22.3 Å². The molecule has 4 aromatic heterocycles. The van der Waals surface area contributed by atoms with Crippen LogP contribution in [0.4, 0.5) is 15.9 Å². The molecule has 0 unspecified atom stereocenters. The molecule has 5 aromatic rings. The van der Waals surface area contributed by atoms with E-state index in [-0.39, 0.29) is 5.75 Å². The summed E-state index contributed by atoms with van der Waals surface area (Å²) >= 11 is 1.64. The molecule has 5 heterocycles. The van der Waals surface area contributed by atoms with Crippen molar-refractivity contribution in [1.82, 2.24) is 24.5 Å². The quantitative estimate of drug-likeness (QED) is 0.312. The van der Waals surface area contributed by atoms with Crippen molar-refractivity contribution < 1.29 is 9.13 Å². The van der Waals surface area contributed by atoms with Gasteiger partial charge in [-0.2, -0.15) is 0 Å². The second kappa shape index (κ2) is 10.2. The van der Waals surface area contributed by atoms with E-state index in [0.29, 0.717) is 35.7 Å². The number of thiazole rings is 1. The van der Waals surface area contributed by atoms with Crippen molar-refractivity contribution in [2.75, 3.05) is 30.8 Å². The first-order chi connectivity index (χ1) is 18.9. The molecule has 1 atom stereocenters. The number of nitrogens with zero attached hydrogens (tertiary/aromatic N) is 6. The average molecular weight is 545 g/mol. The second-order valence-electron chi connectivity index (χ2n) is 9.97. The molecule has 1 aliphatic rings. The third kappa shape index (κ3) is 5.02. The number of anilines is 2. The summed E-state index contributed by atoms with van der Waals surface area (Å²) in [6.45, 7) is 2.06. The maximum atomic E-state index is 14.6. The van der Waals surface area contributed by atoms with Gasteiger partial charge in [0.05, 0.1) is 48.1 Å². The third-order valence-corrected chi connectivity index (χ3v) is 8.04. The summed E-state index contributed by atoms with van der Waals surface area (Å²) in [7, 11) is 1.45. The molecular weight excluding hydrogens is 515 g/mol. The lowest BCUT2D eigenvalue weighted by Gasteiger charge is -2.41. The van der Waals surface area contributed by atoms with Crippen LogP contribution in [0.5, 0.6) is 5.75 Å². The predicted octanol–water partition coefficient (Wildman–Crippen LogP) is 4.27. The summed E-state index contributed by atoms with van der Waals surface area (Å²) in [6, 6.07) is 8.79. The lowest BCUT2D eigenvalue weighted by molar-refractivity contribution is 0.341. The van der Waals surface area contributed by atoms with Crippen LogP contribution in [0.15, 0.2) is 60.6 Å². The van der Waals surface area contributed by atoms with E-state index in [1.54, 1.807) is 29.9 Å². The number of hydrogen-bond acceptors (Lipinski definition) is 9. The highest BCUT2D eigenvalue weighted by atomic mass is 32.1. The molecule has 39 heavy (non-hydrogen) atoms. The molecule has 0 aliphatic carbocycles. The van der Waals surface area contributed by atoms with E-state index in [2.05, 4.69) is 19.9 Å². The number of imidazole rings is 1. The summed E-state index contributed by atoms with van der Waals surface area (Å²) in [5.41, 5.74) is 17.5. The minimum Gasteiger partial charge on any atom is -0.494 e. The van der Waals surface area contributed by atoms with Crippen LogP contribution in [0.2, 0.25) is 0 Å². The van der Waals surface area contributed by atoms with Gasteiger partial charge in [0, 0.05) is 48.4 Å². The van der Waals surface area contributed by atoms with E-state index in [0.717, 1.165) is 47.6 Å². The molecule has 0 amide bonds. The van der Waals surface area contributed by atoms with Gasteiger partial charge in [0.25, 0.3) is 0 Å². The number of rotatable bonds is 7. The van der Waals surface area contributed by atoms with Gasteiger partial charge in [-0.25, -0.2) is 19.3 Å². The van der Waals surface area contributed by atoms with Crippen molar-refractivity contribution in [3.8, 4) is 17.0 Å². The van der Waals surface area contributed by atoms with Gasteiger partial charge in [0.15, 0.2) is 17.4 Å². The summed E-state index contributed by atoms with van der Waals surface area (Å²) in [6.07, 6.45) is 9.76. The van der Waals surface area contributed by atoms with E-state index >= 15 is 0 Å². The number of hydrogen-bond donors (Lipinski definition) is 2. The highest BCUT2D eigenvalue weighted by Gasteiger charge is 2.33. The fraction of sp³-hybridized carbons (Fsp3) is 0.286. The van der Waals surface area contributed by atoms with Crippen LogP contribution in [0.1, 0.15) is 23.4 Å². The molecule has 6 rings (SSSR count). The Balaban J connectivity index is 1.39. The van der Waals surface area contributed by atoms with E-state index in [1.165, 1.54) is 13.2 Å². The van der Waals surface area contributed by atoms with Crippen molar-refractivity contribution >= 4 is 33.9 Å². The zero-order chi connectivity index (χ0) is 27.0. The van der Waals surface area contributed by atoms with E-state index in [9.17, 15) is 4.39 Å². The maximum absolute atomic E-state index is 14.6. The topological polar surface area (TPSA) is 121 Å². The Hall–Kier alpha value is -4.09. The fourth-order valence-electron chi connectivity index (χ4n) is 5.36. The molecule has 11 heteroatoms. The molecule has 4 N–H and O–H groups in total. The minimum absolute atomic E-state index is 0.194. The van der Waals surface area contributed by atoms with E-state index < -0.39 is 11.4 Å². The monoisotopic (exact) mass is 544 g/mol. The van der Waals surface area contributed by atoms with Gasteiger partial charge >= 0.3 is 0 Å². The highest BCUT2D eigenvalue weighted by Crippen LogP contribution is 2.33. The largest absolute Gasteiger partial charge is 0.494 e. The maximum Gasteiger partial charge on any atom is 0.165 e. The number of nitrogen functional groups attached to an aromatic ring is 1. The van der Waals surface area contributed by atoms with Crippen LogP contribution in [0, 0.1) is 5.82 Å². The van der Waals surface area contributed by atoms with Crippen LogP contribution in [-0.4, -0.2) is 50.2 Å². The standard InChI is InChI=1S/C28H29FN8OS/c1-38-24-4-3-18(11-20(24)29)21-12-19(15-37-17-35-26-22(37)5-7-33-27(26)30)23(14-34-21)36-9-2-6-28(31,16-36)13-25-32-8-10-39-25/h3-5,7-8,10-12,14,17H,2,6,9,13,15-16,31H2,1H3,(H2,30,33)/t28-/m0/s1. The van der Waals surface area contributed by atoms with Gasteiger partial charge in [-0.05, 0) is 48.7 Å². The molecule has 200 valence electrons. The number of fused-ring (bicyclic) bond motifs is 1. The molecule has 0 bridgehead atoms. The molecule has 9 nitrogen and oxygen atoms in total. The fourth-order valence-corrected chi connectivity index (χ4v) is 6.13. The predicted molar refractivity (Wildman–Crippen MR) is 151 cm³/mol. The van der Waals surface area contributed by atoms with Crippen molar-refractivity contribution in [2.45, 2.75) is 31.3 Å². The molecule has 1 aliphatic heterocycles. The molecule has 1 fully saturated rings. The third-order valence-electron chi connectivity index (χ3n) is 7.26. The van der Waals surface area contributed by atoms with Crippen LogP contribution in [0.3, 0.4) is 0 Å². The summed E-state index contributed by atoms with van der Waals surface area (Å²) < 4.78 is 21.7. The van der Waals surface area contributed by atoms with Crippen LogP contribution >= 0.6 is 11.3 Å². The summed E-state index contributed by atoms with van der Waals surface area (Å²) in [5.74, 6) is 0.151. The first-order valence-corrected chi connectivity index (χ1v) is 13.6. The number of pyridine rings is 2. The molecule has 0 saturated carbocycles. The van der Waals surface area contributed by atoms with Crippen molar-refractivity contribution in [2.24, 2.45) is 5.73 Å². The number of nitrogens with two attached hydrogens (primary N) is 2. The van der Waals surface area contributed by atoms with Crippen LogP contribution < -0.4 is 21.1 Å². The SMILES string of the molecule is COc1ccc(-c2cc(Cn3cnc4c(N)nccc43)c(N3CCC[C@](N)(Cc4nccs4)C3)cn2)cc1F. The lowest BCUT2D eigenvalue weighted by atomic mass is 9.86. The molecular formula is C28H29FN8OS. The van der Waals surface area contributed by atoms with Gasteiger partial charge in [0.1, 0.15) is 5.52 Å². The Labute approximate surface area is 229 Å². The number of ether oxygens (including phenoxy) is 1. The Morgan fingerprint density at radius 2 is 2.03 bits per heavy atom. The van der Waals surface area contributed by atoms with Crippen molar-refractivity contribution in [3.05, 3.63) is 77.0 Å². The molecule has 1 saturated heterocycles. The van der Waals surface area contributed by atoms with Crippen molar-refractivity contribution in [1.29, 1.82) is 0 Å². The Bertz CT molecular complexity index is 1620. The Kier molecular flexibility index (Phi) is 6.61. The van der Waals surface area contributed by atoms with Gasteiger partial charge in [-0.3, -0.25) is 4.98 Å². The minimum atomic E-state index is -0.433. The number of methoxy groups -OCH3 is 1. The normalized spacial score (nSPS) is 17.6. The Morgan fingerprint density at radius 3 is 2.82 bits per heavy atom. The zero-order valence-electron chi connectivity index (χ0n) is 21.5. The van der Waals surface area contributed by atoms with Gasteiger partial charge in [0.2, 0.25) is 0 Å². The molecule has 0 radical (unpaired) electrons. The van der Waals surface area contributed by atoms with E-state index in [4.69, 9.17) is 21.2 Å².